The van der Waals surface area contributed by atoms with Gasteiger partial charge in [-0.3, -0.25) is 0 Å². The number of hydrogen-bond acceptors (Lipinski definition) is 2. The summed E-state index contributed by atoms with van der Waals surface area (Å²) in [5.41, 5.74) is 1.46. The number of aromatic carboxylic acids is 1. The second-order valence-corrected chi connectivity index (χ2v) is 6.01. The lowest BCUT2D eigenvalue weighted by molar-refractivity contribution is 0.0698. The fraction of sp³-hybridized carbons (Fsp3) is 0.500. The van der Waals surface area contributed by atoms with Crippen LogP contribution in [-0.4, -0.2) is 17.6 Å². The van der Waals surface area contributed by atoms with Crippen LogP contribution in [0, 0.1) is 5.41 Å². The van der Waals surface area contributed by atoms with E-state index in [0.717, 1.165) is 11.0 Å². The molecule has 1 aromatic carbocycles. The van der Waals surface area contributed by atoms with Gasteiger partial charge in [-0.25, -0.2) is 4.79 Å². The van der Waals surface area contributed by atoms with Crippen molar-refractivity contribution in [3.05, 3.63) is 28.2 Å². The van der Waals surface area contributed by atoms with Gasteiger partial charge in [0.25, 0.3) is 0 Å². The van der Waals surface area contributed by atoms with Gasteiger partial charge in [-0.1, -0.05) is 29.3 Å². The number of carboxylic acid groups (broad SMARTS) is 1. The first kappa shape index (κ1) is 13.4. The number of benzene rings is 1. The molecule has 0 aliphatic heterocycles. The van der Waals surface area contributed by atoms with Crippen molar-refractivity contribution in [3.8, 4) is 0 Å². The molecule has 1 aromatic rings. The zero-order valence-corrected chi connectivity index (χ0v) is 12.1. The standard InChI is InChI=1S/C14H18BrNO2/c1-2-5-14(6-7-14)9-16-12-8-10(15)3-4-11(12)13(17)18/h3-4,8,16H,2,5-7,9H2,1H3,(H,17,18). The van der Waals surface area contributed by atoms with E-state index < -0.39 is 5.97 Å². The highest BCUT2D eigenvalue weighted by atomic mass is 79.9. The summed E-state index contributed by atoms with van der Waals surface area (Å²) in [5.74, 6) is -0.884. The van der Waals surface area contributed by atoms with Crippen molar-refractivity contribution in [1.82, 2.24) is 0 Å². The Morgan fingerprint density at radius 3 is 2.78 bits per heavy atom. The lowest BCUT2D eigenvalue weighted by Gasteiger charge is -2.17. The number of nitrogens with one attached hydrogen (secondary N) is 1. The summed E-state index contributed by atoms with van der Waals surface area (Å²) in [6, 6.07) is 5.23. The van der Waals surface area contributed by atoms with Crippen LogP contribution < -0.4 is 5.32 Å². The monoisotopic (exact) mass is 311 g/mol. The number of rotatable bonds is 6. The van der Waals surface area contributed by atoms with Gasteiger partial charge in [-0.15, -0.1) is 0 Å². The van der Waals surface area contributed by atoms with Gasteiger partial charge in [-0.05, 0) is 42.9 Å². The molecule has 0 amide bonds. The third-order valence-electron chi connectivity index (χ3n) is 3.60. The van der Waals surface area contributed by atoms with E-state index in [4.69, 9.17) is 5.11 Å². The van der Waals surface area contributed by atoms with Crippen molar-refractivity contribution in [2.75, 3.05) is 11.9 Å². The molecule has 0 radical (unpaired) electrons. The Hall–Kier alpha value is -1.03. The molecule has 1 saturated carbocycles. The predicted molar refractivity (Wildman–Crippen MR) is 76.2 cm³/mol. The molecule has 0 atom stereocenters. The van der Waals surface area contributed by atoms with Gasteiger partial charge >= 0.3 is 5.97 Å². The lowest BCUT2D eigenvalue weighted by Crippen LogP contribution is -2.17. The van der Waals surface area contributed by atoms with Crippen molar-refractivity contribution in [3.63, 3.8) is 0 Å². The molecule has 4 heteroatoms. The van der Waals surface area contributed by atoms with Crippen LogP contribution in [0.15, 0.2) is 22.7 Å². The maximum absolute atomic E-state index is 11.1. The minimum atomic E-state index is -0.884. The first-order chi connectivity index (χ1) is 8.56. The SMILES string of the molecule is CCCC1(CNc2cc(Br)ccc2C(=O)O)CC1. The molecule has 0 bridgehead atoms. The van der Waals surface area contributed by atoms with E-state index in [1.54, 1.807) is 12.1 Å². The third-order valence-corrected chi connectivity index (χ3v) is 4.10. The van der Waals surface area contributed by atoms with Crippen LogP contribution in [0.2, 0.25) is 0 Å². The molecule has 0 spiro atoms. The van der Waals surface area contributed by atoms with E-state index >= 15 is 0 Å². The van der Waals surface area contributed by atoms with Gasteiger partial charge in [0.1, 0.15) is 0 Å². The first-order valence-corrected chi connectivity index (χ1v) is 7.12. The quantitative estimate of drug-likeness (QED) is 0.830. The highest BCUT2D eigenvalue weighted by Crippen LogP contribution is 2.49. The van der Waals surface area contributed by atoms with Crippen LogP contribution in [0.1, 0.15) is 43.0 Å². The molecule has 18 heavy (non-hydrogen) atoms. The summed E-state index contributed by atoms with van der Waals surface area (Å²) >= 11 is 3.38. The molecule has 2 rings (SSSR count). The molecule has 98 valence electrons. The van der Waals surface area contributed by atoms with Crippen molar-refractivity contribution in [1.29, 1.82) is 0 Å². The Balaban J connectivity index is 2.08. The van der Waals surface area contributed by atoms with Crippen molar-refractivity contribution >= 4 is 27.6 Å². The summed E-state index contributed by atoms with van der Waals surface area (Å²) in [5, 5.41) is 12.5. The topological polar surface area (TPSA) is 49.3 Å². The Bertz CT molecular complexity index is 455. The van der Waals surface area contributed by atoms with Crippen molar-refractivity contribution in [2.24, 2.45) is 5.41 Å². The number of halogens is 1. The summed E-state index contributed by atoms with van der Waals surface area (Å²) in [4.78, 5) is 11.1. The molecule has 1 aliphatic carbocycles. The Labute approximate surface area is 116 Å². The van der Waals surface area contributed by atoms with Crippen LogP contribution in [0.4, 0.5) is 5.69 Å². The van der Waals surface area contributed by atoms with Crippen molar-refractivity contribution in [2.45, 2.75) is 32.6 Å². The number of hydrogen-bond donors (Lipinski definition) is 2. The fourth-order valence-electron chi connectivity index (χ4n) is 2.35. The van der Waals surface area contributed by atoms with E-state index in [0.29, 0.717) is 16.7 Å². The zero-order chi connectivity index (χ0) is 13.2. The zero-order valence-electron chi connectivity index (χ0n) is 10.5. The minimum absolute atomic E-state index is 0.338. The first-order valence-electron chi connectivity index (χ1n) is 6.33. The molecule has 1 fully saturated rings. The van der Waals surface area contributed by atoms with Crippen LogP contribution in [0.25, 0.3) is 0 Å². The van der Waals surface area contributed by atoms with Crippen LogP contribution >= 0.6 is 15.9 Å². The second kappa shape index (κ2) is 5.31. The van der Waals surface area contributed by atoms with Crippen LogP contribution in [0.3, 0.4) is 0 Å². The smallest absolute Gasteiger partial charge is 0.337 e. The van der Waals surface area contributed by atoms with E-state index in [1.165, 1.54) is 25.7 Å². The maximum atomic E-state index is 11.1. The average molecular weight is 312 g/mol. The molecule has 0 saturated heterocycles. The van der Waals surface area contributed by atoms with Gasteiger partial charge in [0.05, 0.1) is 5.56 Å². The highest BCUT2D eigenvalue weighted by molar-refractivity contribution is 9.10. The Morgan fingerprint density at radius 2 is 2.22 bits per heavy atom. The van der Waals surface area contributed by atoms with Crippen molar-refractivity contribution < 1.29 is 9.90 Å². The Morgan fingerprint density at radius 1 is 1.50 bits per heavy atom. The van der Waals surface area contributed by atoms with Gasteiger partial charge in [0.15, 0.2) is 0 Å². The lowest BCUT2D eigenvalue weighted by atomic mass is 10.0. The van der Waals surface area contributed by atoms with E-state index in [-0.39, 0.29) is 0 Å². The third kappa shape index (κ3) is 3.05. The molecule has 2 N–H and O–H groups in total. The van der Waals surface area contributed by atoms with E-state index in [1.807, 2.05) is 6.07 Å². The maximum Gasteiger partial charge on any atom is 0.337 e. The summed E-state index contributed by atoms with van der Waals surface area (Å²) in [6.45, 7) is 3.07. The highest BCUT2D eigenvalue weighted by Gasteiger charge is 2.41. The van der Waals surface area contributed by atoms with Gasteiger partial charge in [0.2, 0.25) is 0 Å². The summed E-state index contributed by atoms with van der Waals surface area (Å²) < 4.78 is 0.898. The normalized spacial score (nSPS) is 16.3. The average Bonchev–Trinajstić information content (AvgIpc) is 3.07. The van der Waals surface area contributed by atoms with E-state index in [9.17, 15) is 4.79 Å². The van der Waals surface area contributed by atoms with Crippen LogP contribution in [0.5, 0.6) is 0 Å². The predicted octanol–water partition coefficient (Wildman–Crippen LogP) is 4.14. The fourth-order valence-corrected chi connectivity index (χ4v) is 2.72. The number of anilines is 1. The second-order valence-electron chi connectivity index (χ2n) is 5.10. The molecular weight excluding hydrogens is 294 g/mol. The molecule has 3 nitrogen and oxygen atoms in total. The largest absolute Gasteiger partial charge is 0.478 e. The van der Waals surface area contributed by atoms with Gasteiger partial charge in [0, 0.05) is 16.7 Å². The number of carbonyl (C=O) groups is 1. The summed E-state index contributed by atoms with van der Waals surface area (Å²) in [7, 11) is 0. The summed E-state index contributed by atoms with van der Waals surface area (Å²) in [6.07, 6.45) is 4.91. The number of carboxylic acids is 1. The molecule has 1 aliphatic rings. The van der Waals surface area contributed by atoms with Crippen LogP contribution in [-0.2, 0) is 0 Å². The molecule has 0 heterocycles. The minimum Gasteiger partial charge on any atom is -0.478 e. The molecule has 0 aromatic heterocycles. The molecular formula is C14H18BrNO2. The van der Waals surface area contributed by atoms with Gasteiger partial charge < -0.3 is 10.4 Å². The molecule has 0 unspecified atom stereocenters. The van der Waals surface area contributed by atoms with E-state index in [2.05, 4.69) is 28.2 Å². The van der Waals surface area contributed by atoms with Gasteiger partial charge in [-0.2, -0.15) is 0 Å². The Kier molecular flexibility index (Phi) is 3.95.